The molecular formula is C14H23N. The highest BCUT2D eigenvalue weighted by molar-refractivity contribution is 5.29. The van der Waals surface area contributed by atoms with Crippen LogP contribution in [0.3, 0.4) is 0 Å². The van der Waals surface area contributed by atoms with Gasteiger partial charge in [-0.15, -0.1) is 0 Å². The minimum atomic E-state index is 0.353. The first-order chi connectivity index (χ1) is 7.07. The fraction of sp³-hybridized carbons (Fsp3) is 0.714. The van der Waals surface area contributed by atoms with Crippen molar-refractivity contribution in [3.05, 3.63) is 23.4 Å². The molecule has 0 N–H and O–H groups in total. The van der Waals surface area contributed by atoms with Gasteiger partial charge in [-0.05, 0) is 44.1 Å². The van der Waals surface area contributed by atoms with Gasteiger partial charge < -0.3 is 4.90 Å². The van der Waals surface area contributed by atoms with Gasteiger partial charge in [-0.2, -0.15) is 0 Å². The lowest BCUT2D eigenvalue weighted by Crippen LogP contribution is -2.32. The minimum Gasteiger partial charge on any atom is -0.375 e. The van der Waals surface area contributed by atoms with Gasteiger partial charge in [0.05, 0.1) is 0 Å². The normalized spacial score (nSPS) is 25.9. The highest BCUT2D eigenvalue weighted by atomic mass is 15.1. The Morgan fingerprint density at radius 2 is 1.80 bits per heavy atom. The molecule has 1 heteroatoms. The molecule has 1 fully saturated rings. The zero-order valence-electron chi connectivity index (χ0n) is 10.3. The second-order valence-electron chi connectivity index (χ2n) is 5.74. The first kappa shape index (κ1) is 10.8. The molecule has 0 spiro atoms. The van der Waals surface area contributed by atoms with E-state index in [9.17, 15) is 0 Å². The molecule has 0 aromatic rings. The molecule has 0 aromatic heterocycles. The molecule has 15 heavy (non-hydrogen) atoms. The van der Waals surface area contributed by atoms with Gasteiger partial charge in [0.2, 0.25) is 0 Å². The molecule has 0 saturated carbocycles. The van der Waals surface area contributed by atoms with E-state index in [4.69, 9.17) is 0 Å². The van der Waals surface area contributed by atoms with E-state index in [1.165, 1.54) is 44.3 Å². The largest absolute Gasteiger partial charge is 0.375 e. The Bertz CT molecular complexity index is 290. The summed E-state index contributed by atoms with van der Waals surface area (Å²) in [6, 6.07) is 0. The molecule has 84 valence electrons. The Hall–Kier alpha value is -0.720. The van der Waals surface area contributed by atoms with Crippen LogP contribution in [0.5, 0.6) is 0 Å². The summed E-state index contributed by atoms with van der Waals surface area (Å²) >= 11 is 0. The lowest BCUT2D eigenvalue weighted by molar-refractivity contribution is 0.256. The number of nitrogens with zero attached hydrogens (tertiary/aromatic N) is 1. The van der Waals surface area contributed by atoms with Crippen LogP contribution >= 0.6 is 0 Å². The third-order valence-corrected chi connectivity index (χ3v) is 3.41. The number of rotatable bonds is 1. The van der Waals surface area contributed by atoms with Crippen LogP contribution < -0.4 is 0 Å². The van der Waals surface area contributed by atoms with Gasteiger partial charge in [0.25, 0.3) is 0 Å². The zero-order valence-corrected chi connectivity index (χ0v) is 10.3. The summed E-state index contributed by atoms with van der Waals surface area (Å²) < 4.78 is 0. The van der Waals surface area contributed by atoms with E-state index < -0.39 is 0 Å². The maximum Gasteiger partial charge on any atom is 0.0175 e. The van der Waals surface area contributed by atoms with Crippen LogP contribution in [-0.4, -0.2) is 18.0 Å². The van der Waals surface area contributed by atoms with Crippen LogP contribution in [0.1, 0.15) is 46.5 Å². The van der Waals surface area contributed by atoms with Crippen molar-refractivity contribution < 1.29 is 0 Å². The quantitative estimate of drug-likeness (QED) is 0.630. The molecule has 0 atom stereocenters. The van der Waals surface area contributed by atoms with Crippen LogP contribution in [-0.2, 0) is 0 Å². The zero-order chi connectivity index (χ0) is 10.9. The predicted molar refractivity (Wildman–Crippen MR) is 65.7 cm³/mol. The lowest BCUT2D eigenvalue weighted by atomic mass is 9.81. The van der Waals surface area contributed by atoms with Crippen molar-refractivity contribution in [3.8, 4) is 0 Å². The molecule has 1 aliphatic heterocycles. The summed E-state index contributed by atoms with van der Waals surface area (Å²) in [6.07, 6.45) is 10.2. The molecule has 0 bridgehead atoms. The first-order valence-electron chi connectivity index (χ1n) is 6.22. The average molecular weight is 205 g/mol. The molecule has 0 aromatic carbocycles. The van der Waals surface area contributed by atoms with Crippen molar-refractivity contribution in [2.45, 2.75) is 46.5 Å². The third kappa shape index (κ3) is 2.64. The number of likely N-dealkylation sites (tertiary alicyclic amines) is 1. The van der Waals surface area contributed by atoms with Crippen LogP contribution in [0, 0.1) is 5.41 Å². The van der Waals surface area contributed by atoms with Gasteiger partial charge in [0, 0.05) is 18.8 Å². The van der Waals surface area contributed by atoms with E-state index in [1.54, 1.807) is 5.70 Å². The number of hydrogen-bond acceptors (Lipinski definition) is 1. The maximum absolute atomic E-state index is 2.60. The third-order valence-electron chi connectivity index (χ3n) is 3.41. The summed E-state index contributed by atoms with van der Waals surface area (Å²) in [5.74, 6) is 0. The van der Waals surface area contributed by atoms with Gasteiger partial charge in [-0.1, -0.05) is 25.5 Å². The van der Waals surface area contributed by atoms with E-state index in [0.717, 1.165) is 0 Å². The van der Waals surface area contributed by atoms with Crippen molar-refractivity contribution in [1.82, 2.24) is 4.90 Å². The first-order valence-corrected chi connectivity index (χ1v) is 6.22. The van der Waals surface area contributed by atoms with E-state index in [2.05, 4.69) is 37.8 Å². The van der Waals surface area contributed by atoms with Crippen LogP contribution in [0.2, 0.25) is 0 Å². The number of hydrogen-bond donors (Lipinski definition) is 0. The Kier molecular flexibility index (Phi) is 2.90. The molecule has 1 aliphatic carbocycles. The van der Waals surface area contributed by atoms with Gasteiger partial charge >= 0.3 is 0 Å². The topological polar surface area (TPSA) is 3.24 Å². The Morgan fingerprint density at radius 1 is 1.13 bits per heavy atom. The molecule has 2 rings (SSSR count). The van der Waals surface area contributed by atoms with Crippen LogP contribution in [0.25, 0.3) is 0 Å². The lowest BCUT2D eigenvalue weighted by Gasteiger charge is -2.37. The molecule has 2 aliphatic rings. The molecule has 1 heterocycles. The summed E-state index contributed by atoms with van der Waals surface area (Å²) in [7, 11) is 0. The van der Waals surface area contributed by atoms with Crippen molar-refractivity contribution in [2.24, 2.45) is 5.41 Å². The van der Waals surface area contributed by atoms with Gasteiger partial charge in [-0.3, -0.25) is 0 Å². The second-order valence-corrected chi connectivity index (χ2v) is 5.74. The van der Waals surface area contributed by atoms with E-state index >= 15 is 0 Å². The monoisotopic (exact) mass is 205 g/mol. The summed E-state index contributed by atoms with van der Waals surface area (Å²) in [6.45, 7) is 9.45. The minimum absolute atomic E-state index is 0.353. The van der Waals surface area contributed by atoms with Crippen molar-refractivity contribution in [2.75, 3.05) is 13.1 Å². The number of piperidine rings is 1. The standard InChI is InChI=1S/C14H23N/c1-12-9-13(11-14(2,3)10-12)15-7-5-4-6-8-15/h9-10H,4-8,11H2,1-3H3. The average Bonchev–Trinajstić information content (AvgIpc) is 2.16. The second kappa shape index (κ2) is 4.03. The SMILES string of the molecule is CC1=CC(C)(C)CC(N2CCCCC2)=C1. The molecule has 0 radical (unpaired) electrons. The van der Waals surface area contributed by atoms with Crippen molar-refractivity contribution in [3.63, 3.8) is 0 Å². The van der Waals surface area contributed by atoms with Gasteiger partial charge in [0.1, 0.15) is 0 Å². The summed E-state index contributed by atoms with van der Waals surface area (Å²) in [5.41, 5.74) is 3.36. The van der Waals surface area contributed by atoms with Crippen molar-refractivity contribution in [1.29, 1.82) is 0 Å². The fourth-order valence-corrected chi connectivity index (χ4v) is 2.87. The molecule has 1 nitrogen and oxygen atoms in total. The summed E-state index contributed by atoms with van der Waals surface area (Å²) in [5, 5.41) is 0. The summed E-state index contributed by atoms with van der Waals surface area (Å²) in [4.78, 5) is 2.60. The highest BCUT2D eigenvalue weighted by Gasteiger charge is 2.24. The Balaban J connectivity index is 2.12. The smallest absolute Gasteiger partial charge is 0.0175 e. The van der Waals surface area contributed by atoms with E-state index in [-0.39, 0.29) is 0 Å². The molecule has 0 amide bonds. The Labute approximate surface area is 93.9 Å². The van der Waals surface area contributed by atoms with Gasteiger partial charge in [-0.25, -0.2) is 0 Å². The van der Waals surface area contributed by atoms with Crippen LogP contribution in [0.15, 0.2) is 23.4 Å². The van der Waals surface area contributed by atoms with Gasteiger partial charge in [0.15, 0.2) is 0 Å². The van der Waals surface area contributed by atoms with E-state index in [0.29, 0.717) is 5.41 Å². The fourth-order valence-electron chi connectivity index (χ4n) is 2.87. The van der Waals surface area contributed by atoms with Crippen molar-refractivity contribution >= 4 is 0 Å². The highest BCUT2D eigenvalue weighted by Crippen LogP contribution is 2.35. The Morgan fingerprint density at radius 3 is 2.40 bits per heavy atom. The predicted octanol–water partition coefficient (Wildman–Crippen LogP) is 3.73. The number of allylic oxidation sites excluding steroid dienone is 4. The van der Waals surface area contributed by atoms with Crippen LogP contribution in [0.4, 0.5) is 0 Å². The maximum atomic E-state index is 2.60. The van der Waals surface area contributed by atoms with E-state index in [1.807, 2.05) is 0 Å². The molecular weight excluding hydrogens is 182 g/mol. The molecule has 1 saturated heterocycles. The molecule has 0 unspecified atom stereocenters.